The summed E-state index contributed by atoms with van der Waals surface area (Å²) in [5, 5.41) is 8.86. The summed E-state index contributed by atoms with van der Waals surface area (Å²) < 4.78 is 1.76. The average Bonchev–Trinajstić information content (AvgIpc) is 3.03. The average molecular weight is 372 g/mol. The van der Waals surface area contributed by atoms with E-state index in [-0.39, 0.29) is 6.04 Å². The Labute approximate surface area is 164 Å². The SMILES string of the molecule is CC(CCc1ccccc1)Nc1nn(C)c2nc(-c3ccccc3)nc(N)c12. The summed E-state index contributed by atoms with van der Waals surface area (Å²) >= 11 is 0. The van der Waals surface area contributed by atoms with Crippen LogP contribution < -0.4 is 11.1 Å². The lowest BCUT2D eigenvalue weighted by Crippen LogP contribution is -2.17. The molecule has 2 heterocycles. The number of nitrogens with zero attached hydrogens (tertiary/aromatic N) is 4. The predicted octanol–water partition coefficient (Wildman–Crippen LogP) is 4.05. The second-order valence-corrected chi connectivity index (χ2v) is 7.04. The second-order valence-electron chi connectivity index (χ2n) is 7.04. The number of nitrogens with one attached hydrogen (secondary N) is 1. The Morgan fingerprint density at radius 1 is 1.00 bits per heavy atom. The number of benzene rings is 2. The molecule has 0 saturated heterocycles. The van der Waals surface area contributed by atoms with Crippen molar-refractivity contribution in [1.29, 1.82) is 0 Å². The van der Waals surface area contributed by atoms with Crippen molar-refractivity contribution in [1.82, 2.24) is 19.7 Å². The van der Waals surface area contributed by atoms with E-state index >= 15 is 0 Å². The van der Waals surface area contributed by atoms with E-state index in [1.807, 2.05) is 43.4 Å². The maximum atomic E-state index is 6.30. The van der Waals surface area contributed by atoms with Gasteiger partial charge in [0, 0.05) is 18.7 Å². The molecule has 6 heteroatoms. The zero-order valence-corrected chi connectivity index (χ0v) is 16.1. The van der Waals surface area contributed by atoms with Crippen LogP contribution in [0.5, 0.6) is 0 Å². The van der Waals surface area contributed by atoms with Crippen molar-refractivity contribution in [3.63, 3.8) is 0 Å². The molecule has 6 nitrogen and oxygen atoms in total. The Kier molecular flexibility index (Phi) is 4.93. The molecule has 0 radical (unpaired) electrons. The van der Waals surface area contributed by atoms with Crippen molar-refractivity contribution < 1.29 is 0 Å². The van der Waals surface area contributed by atoms with Crippen molar-refractivity contribution >= 4 is 22.7 Å². The molecule has 0 bridgehead atoms. The summed E-state index contributed by atoms with van der Waals surface area (Å²) in [5.74, 6) is 1.78. The van der Waals surface area contributed by atoms with E-state index in [2.05, 4.69) is 46.6 Å². The normalized spacial score (nSPS) is 12.2. The van der Waals surface area contributed by atoms with Crippen LogP contribution in [-0.2, 0) is 13.5 Å². The molecule has 0 aliphatic carbocycles. The molecule has 28 heavy (non-hydrogen) atoms. The fraction of sp³-hybridized carbons (Fsp3) is 0.227. The number of aryl methyl sites for hydroxylation is 2. The summed E-state index contributed by atoms with van der Waals surface area (Å²) in [6.45, 7) is 2.15. The predicted molar refractivity (Wildman–Crippen MR) is 114 cm³/mol. The third kappa shape index (κ3) is 3.67. The topological polar surface area (TPSA) is 81.7 Å². The lowest BCUT2D eigenvalue weighted by atomic mass is 10.1. The van der Waals surface area contributed by atoms with E-state index in [4.69, 9.17) is 10.7 Å². The Morgan fingerprint density at radius 2 is 1.68 bits per heavy atom. The van der Waals surface area contributed by atoms with Gasteiger partial charge in [-0.3, -0.25) is 0 Å². The lowest BCUT2D eigenvalue weighted by Gasteiger charge is -2.13. The molecule has 1 unspecified atom stereocenters. The van der Waals surface area contributed by atoms with Crippen molar-refractivity contribution in [3.8, 4) is 11.4 Å². The van der Waals surface area contributed by atoms with Gasteiger partial charge in [0.05, 0.1) is 0 Å². The Morgan fingerprint density at radius 3 is 2.39 bits per heavy atom. The molecule has 0 amide bonds. The van der Waals surface area contributed by atoms with Crippen LogP contribution in [0.2, 0.25) is 0 Å². The van der Waals surface area contributed by atoms with E-state index < -0.39 is 0 Å². The van der Waals surface area contributed by atoms with Crippen molar-refractivity contribution in [2.45, 2.75) is 25.8 Å². The largest absolute Gasteiger partial charge is 0.383 e. The second kappa shape index (κ2) is 7.68. The Hall–Kier alpha value is -3.41. The first-order valence-electron chi connectivity index (χ1n) is 9.48. The van der Waals surface area contributed by atoms with Gasteiger partial charge in [-0.2, -0.15) is 5.10 Å². The van der Waals surface area contributed by atoms with Crippen LogP contribution in [0.3, 0.4) is 0 Å². The molecule has 0 fully saturated rings. The molecule has 0 aliphatic heterocycles. The Bertz CT molecular complexity index is 1070. The number of anilines is 2. The van der Waals surface area contributed by atoms with Gasteiger partial charge in [-0.25, -0.2) is 14.6 Å². The first-order chi connectivity index (χ1) is 13.6. The van der Waals surface area contributed by atoms with Gasteiger partial charge in [0.2, 0.25) is 0 Å². The highest BCUT2D eigenvalue weighted by atomic mass is 15.3. The van der Waals surface area contributed by atoms with E-state index in [0.29, 0.717) is 11.6 Å². The number of hydrogen-bond donors (Lipinski definition) is 2. The number of fused-ring (bicyclic) bond motifs is 1. The van der Waals surface area contributed by atoms with Gasteiger partial charge in [0.25, 0.3) is 0 Å². The molecule has 0 saturated carbocycles. The van der Waals surface area contributed by atoms with Gasteiger partial charge in [0.1, 0.15) is 11.2 Å². The smallest absolute Gasteiger partial charge is 0.166 e. The monoisotopic (exact) mass is 372 g/mol. The molecule has 4 aromatic rings. The zero-order valence-electron chi connectivity index (χ0n) is 16.1. The van der Waals surface area contributed by atoms with Crippen LogP contribution in [0.25, 0.3) is 22.4 Å². The van der Waals surface area contributed by atoms with Crippen molar-refractivity contribution in [2.24, 2.45) is 7.05 Å². The van der Waals surface area contributed by atoms with Crippen LogP contribution in [0.15, 0.2) is 60.7 Å². The minimum Gasteiger partial charge on any atom is -0.383 e. The van der Waals surface area contributed by atoms with E-state index in [1.54, 1.807) is 4.68 Å². The number of rotatable bonds is 6. The minimum absolute atomic E-state index is 0.242. The van der Waals surface area contributed by atoms with Crippen LogP contribution in [-0.4, -0.2) is 25.8 Å². The van der Waals surface area contributed by atoms with Gasteiger partial charge in [-0.15, -0.1) is 0 Å². The zero-order chi connectivity index (χ0) is 19.5. The number of nitrogen functional groups attached to an aromatic ring is 1. The number of hydrogen-bond acceptors (Lipinski definition) is 5. The summed E-state index contributed by atoms with van der Waals surface area (Å²) in [6.07, 6.45) is 1.99. The highest BCUT2D eigenvalue weighted by Gasteiger charge is 2.18. The maximum Gasteiger partial charge on any atom is 0.166 e. The molecule has 2 aromatic heterocycles. The highest BCUT2D eigenvalue weighted by Crippen LogP contribution is 2.29. The van der Waals surface area contributed by atoms with Crippen LogP contribution in [0.1, 0.15) is 18.9 Å². The van der Waals surface area contributed by atoms with E-state index in [1.165, 1.54) is 5.56 Å². The van der Waals surface area contributed by atoms with Crippen molar-refractivity contribution in [3.05, 3.63) is 66.2 Å². The molecule has 1 atom stereocenters. The van der Waals surface area contributed by atoms with Crippen LogP contribution >= 0.6 is 0 Å². The van der Waals surface area contributed by atoms with Gasteiger partial charge in [0.15, 0.2) is 17.3 Å². The molecule has 2 aromatic carbocycles. The molecule has 0 aliphatic rings. The van der Waals surface area contributed by atoms with Gasteiger partial charge >= 0.3 is 0 Å². The van der Waals surface area contributed by atoms with Crippen LogP contribution in [0, 0.1) is 0 Å². The fourth-order valence-electron chi connectivity index (χ4n) is 3.33. The third-order valence-corrected chi connectivity index (χ3v) is 4.84. The summed E-state index contributed by atoms with van der Waals surface area (Å²) in [4.78, 5) is 9.22. The summed E-state index contributed by atoms with van der Waals surface area (Å²) in [6, 6.07) is 20.6. The molecular weight excluding hydrogens is 348 g/mol. The first-order valence-corrected chi connectivity index (χ1v) is 9.48. The molecule has 0 spiro atoms. The first kappa shape index (κ1) is 18.0. The molecule has 3 N–H and O–H groups in total. The summed E-state index contributed by atoms with van der Waals surface area (Å²) in [7, 11) is 1.88. The maximum absolute atomic E-state index is 6.30. The molecule has 142 valence electrons. The van der Waals surface area contributed by atoms with E-state index in [9.17, 15) is 0 Å². The van der Waals surface area contributed by atoms with Crippen molar-refractivity contribution in [2.75, 3.05) is 11.1 Å². The molecule has 4 rings (SSSR count). The quantitative estimate of drug-likeness (QED) is 0.534. The van der Waals surface area contributed by atoms with E-state index in [0.717, 1.165) is 35.3 Å². The summed E-state index contributed by atoms with van der Waals surface area (Å²) in [5.41, 5.74) is 9.30. The fourth-order valence-corrected chi connectivity index (χ4v) is 3.33. The van der Waals surface area contributed by atoms with Gasteiger partial charge in [-0.1, -0.05) is 60.7 Å². The Balaban J connectivity index is 1.58. The van der Waals surface area contributed by atoms with Gasteiger partial charge < -0.3 is 11.1 Å². The standard InChI is InChI=1S/C22H24N6/c1-15(13-14-16-9-5-3-6-10-16)24-21-18-19(23)25-20(17-11-7-4-8-12-17)26-22(18)28(2)27-21/h3-12,15H,13-14H2,1-2H3,(H,24,27)(H2,23,25,26). The highest BCUT2D eigenvalue weighted by molar-refractivity contribution is 5.97. The van der Waals surface area contributed by atoms with Gasteiger partial charge in [-0.05, 0) is 25.3 Å². The van der Waals surface area contributed by atoms with Crippen LogP contribution in [0.4, 0.5) is 11.6 Å². The minimum atomic E-state index is 0.242. The lowest BCUT2D eigenvalue weighted by molar-refractivity contribution is 0.696. The number of aromatic nitrogens is 4. The third-order valence-electron chi connectivity index (χ3n) is 4.84. The molecular formula is C22H24N6. The number of nitrogens with two attached hydrogens (primary N) is 1.